The number of alkyl carbamates (subject to hydrolysis) is 1. The molecule has 0 saturated carbocycles. The van der Waals surface area contributed by atoms with Crippen LogP contribution in [0.25, 0.3) is 11.1 Å². The third-order valence-corrected chi connectivity index (χ3v) is 6.75. The minimum absolute atomic E-state index is 0.0153. The lowest BCUT2D eigenvalue weighted by Gasteiger charge is -2.26. The van der Waals surface area contributed by atoms with E-state index in [0.29, 0.717) is 0 Å². The molecule has 2 aromatic rings. The van der Waals surface area contributed by atoms with E-state index in [1.54, 1.807) is 6.92 Å². The molecule has 0 spiro atoms. The molecule has 3 unspecified atom stereocenters. The maximum atomic E-state index is 12.4. The van der Waals surface area contributed by atoms with E-state index in [0.717, 1.165) is 11.1 Å². The predicted octanol–water partition coefficient (Wildman–Crippen LogP) is 3.16. The summed E-state index contributed by atoms with van der Waals surface area (Å²) in [5.41, 5.74) is 3.48. The second-order valence-electron chi connectivity index (χ2n) is 9.37. The van der Waals surface area contributed by atoms with Crippen LogP contribution < -0.4 is 10.6 Å². The van der Waals surface area contributed by atoms with Crippen LogP contribution in [-0.2, 0) is 19.1 Å². The van der Waals surface area contributed by atoms with Crippen molar-refractivity contribution in [2.75, 3.05) is 26.4 Å². The van der Waals surface area contributed by atoms with Gasteiger partial charge in [0.2, 0.25) is 5.91 Å². The predicted molar refractivity (Wildman–Crippen MR) is 125 cm³/mol. The van der Waals surface area contributed by atoms with Gasteiger partial charge in [-0.2, -0.15) is 0 Å². The topological polar surface area (TPSA) is 114 Å². The Hall–Kier alpha value is -3.39. The van der Waals surface area contributed by atoms with Gasteiger partial charge >= 0.3 is 12.1 Å². The number of aliphatic carboxylic acids is 1. The summed E-state index contributed by atoms with van der Waals surface area (Å²) in [7, 11) is 0. The SMILES string of the molecule is CC(CNC(=O)OCC1c2ccccc2-c2ccccc21)CC(=O)NC1COCC1(C)C(=O)O. The Bertz CT molecular complexity index is 1040. The first kappa shape index (κ1) is 23.8. The van der Waals surface area contributed by atoms with Crippen LogP contribution in [0.1, 0.15) is 37.3 Å². The second-order valence-corrected chi connectivity index (χ2v) is 9.37. The Morgan fingerprint density at radius 1 is 1.12 bits per heavy atom. The Labute approximate surface area is 198 Å². The Kier molecular flexibility index (Phi) is 6.88. The number of ether oxygens (including phenoxy) is 2. The number of hydrogen-bond donors (Lipinski definition) is 3. The molecule has 8 nitrogen and oxygen atoms in total. The zero-order valence-corrected chi connectivity index (χ0v) is 19.4. The van der Waals surface area contributed by atoms with Gasteiger partial charge in [-0.05, 0) is 35.1 Å². The molecule has 3 atom stereocenters. The summed E-state index contributed by atoms with van der Waals surface area (Å²) in [5, 5.41) is 14.9. The van der Waals surface area contributed by atoms with Crippen LogP contribution in [-0.4, -0.2) is 55.5 Å². The van der Waals surface area contributed by atoms with Crippen LogP contribution in [0.5, 0.6) is 0 Å². The maximum Gasteiger partial charge on any atom is 0.407 e. The molecule has 4 rings (SSSR count). The van der Waals surface area contributed by atoms with Crippen LogP contribution >= 0.6 is 0 Å². The molecule has 2 amide bonds. The lowest BCUT2D eigenvalue weighted by Crippen LogP contribution is -2.50. The number of fused-ring (bicyclic) bond motifs is 3. The molecule has 0 bridgehead atoms. The fourth-order valence-electron chi connectivity index (χ4n) is 4.63. The first-order valence-corrected chi connectivity index (χ1v) is 11.5. The third kappa shape index (κ3) is 4.77. The average Bonchev–Trinajstić information content (AvgIpc) is 3.35. The quantitative estimate of drug-likeness (QED) is 0.551. The van der Waals surface area contributed by atoms with Gasteiger partial charge < -0.3 is 25.2 Å². The average molecular weight is 467 g/mol. The smallest absolute Gasteiger partial charge is 0.407 e. The molecule has 2 aromatic carbocycles. The number of carbonyl (C=O) groups is 3. The van der Waals surface area contributed by atoms with Crippen molar-refractivity contribution in [1.82, 2.24) is 10.6 Å². The molecule has 8 heteroatoms. The standard InChI is InChI=1S/C26H30N2O6/c1-16(11-23(29)28-22-14-33-15-26(22,2)24(30)31)12-27-25(32)34-13-21-19-9-5-3-7-17(19)18-8-4-6-10-20(18)21/h3-10,16,21-22H,11-15H2,1-2H3,(H,27,32)(H,28,29)(H,30,31). The number of nitrogens with one attached hydrogen (secondary N) is 2. The van der Waals surface area contributed by atoms with Gasteiger partial charge in [-0.25, -0.2) is 4.79 Å². The van der Waals surface area contributed by atoms with Crippen molar-refractivity contribution in [2.45, 2.75) is 32.2 Å². The van der Waals surface area contributed by atoms with Crippen molar-refractivity contribution >= 4 is 18.0 Å². The molecular formula is C26H30N2O6. The molecule has 1 heterocycles. The minimum atomic E-state index is -1.14. The van der Waals surface area contributed by atoms with Gasteiger partial charge in [0.1, 0.15) is 12.0 Å². The molecule has 0 radical (unpaired) electrons. The van der Waals surface area contributed by atoms with Crippen molar-refractivity contribution in [1.29, 1.82) is 0 Å². The molecule has 34 heavy (non-hydrogen) atoms. The fraction of sp³-hybridized carbons (Fsp3) is 0.423. The van der Waals surface area contributed by atoms with Crippen LogP contribution in [0, 0.1) is 11.3 Å². The maximum absolute atomic E-state index is 12.4. The zero-order chi connectivity index (χ0) is 24.3. The van der Waals surface area contributed by atoms with E-state index in [4.69, 9.17) is 9.47 Å². The highest BCUT2D eigenvalue weighted by atomic mass is 16.5. The number of rotatable bonds is 8. The Morgan fingerprint density at radius 3 is 2.35 bits per heavy atom. The summed E-state index contributed by atoms with van der Waals surface area (Å²) in [5.74, 6) is -1.44. The van der Waals surface area contributed by atoms with Gasteiger partial charge in [0, 0.05) is 18.9 Å². The van der Waals surface area contributed by atoms with Gasteiger partial charge in [0.25, 0.3) is 0 Å². The number of carbonyl (C=O) groups excluding carboxylic acids is 2. The van der Waals surface area contributed by atoms with Crippen LogP contribution in [0.15, 0.2) is 48.5 Å². The van der Waals surface area contributed by atoms with Gasteiger partial charge in [0.05, 0.1) is 19.3 Å². The first-order valence-electron chi connectivity index (χ1n) is 11.5. The van der Waals surface area contributed by atoms with E-state index in [-0.39, 0.29) is 50.5 Å². The highest BCUT2D eigenvalue weighted by molar-refractivity contribution is 5.81. The minimum Gasteiger partial charge on any atom is -0.481 e. The number of carboxylic acid groups (broad SMARTS) is 1. The third-order valence-electron chi connectivity index (χ3n) is 6.75. The molecule has 0 aromatic heterocycles. The molecular weight excluding hydrogens is 436 g/mol. The van der Waals surface area contributed by atoms with E-state index in [2.05, 4.69) is 34.9 Å². The number of hydrogen-bond acceptors (Lipinski definition) is 5. The van der Waals surface area contributed by atoms with E-state index in [9.17, 15) is 19.5 Å². The molecule has 1 fully saturated rings. The summed E-state index contributed by atoms with van der Waals surface area (Å²) in [6.45, 7) is 4.12. The van der Waals surface area contributed by atoms with Crippen LogP contribution in [0.3, 0.4) is 0 Å². The van der Waals surface area contributed by atoms with E-state index >= 15 is 0 Å². The van der Waals surface area contributed by atoms with Gasteiger partial charge in [-0.3, -0.25) is 9.59 Å². The van der Waals surface area contributed by atoms with Crippen molar-refractivity contribution in [2.24, 2.45) is 11.3 Å². The zero-order valence-electron chi connectivity index (χ0n) is 19.4. The summed E-state index contributed by atoms with van der Waals surface area (Å²) in [4.78, 5) is 36.2. The summed E-state index contributed by atoms with van der Waals surface area (Å²) >= 11 is 0. The van der Waals surface area contributed by atoms with Crippen LogP contribution in [0.2, 0.25) is 0 Å². The van der Waals surface area contributed by atoms with Crippen LogP contribution in [0.4, 0.5) is 4.79 Å². The normalized spacial score (nSPS) is 21.9. The van der Waals surface area contributed by atoms with Gasteiger partial charge in [-0.15, -0.1) is 0 Å². The largest absolute Gasteiger partial charge is 0.481 e. The monoisotopic (exact) mass is 466 g/mol. The fourth-order valence-corrected chi connectivity index (χ4v) is 4.63. The Balaban J connectivity index is 1.24. The van der Waals surface area contributed by atoms with Crippen molar-refractivity contribution in [3.63, 3.8) is 0 Å². The second kappa shape index (κ2) is 9.85. The van der Waals surface area contributed by atoms with E-state index in [1.807, 2.05) is 31.2 Å². The summed E-state index contributed by atoms with van der Waals surface area (Å²) < 4.78 is 10.8. The number of benzene rings is 2. The molecule has 1 saturated heterocycles. The lowest BCUT2D eigenvalue weighted by molar-refractivity contribution is -0.149. The highest BCUT2D eigenvalue weighted by Gasteiger charge is 2.47. The molecule has 180 valence electrons. The molecule has 1 aliphatic heterocycles. The first-order chi connectivity index (χ1) is 16.3. The lowest BCUT2D eigenvalue weighted by atomic mass is 9.85. The molecule has 3 N–H and O–H groups in total. The van der Waals surface area contributed by atoms with Gasteiger partial charge in [-0.1, -0.05) is 55.5 Å². The Morgan fingerprint density at radius 2 is 1.74 bits per heavy atom. The number of amides is 2. The van der Waals surface area contributed by atoms with Crippen molar-refractivity contribution < 1.29 is 29.0 Å². The number of carboxylic acids is 1. The highest BCUT2D eigenvalue weighted by Crippen LogP contribution is 2.44. The van der Waals surface area contributed by atoms with Crippen molar-refractivity contribution in [3.05, 3.63) is 59.7 Å². The summed E-state index contributed by atoms with van der Waals surface area (Å²) in [6.07, 6.45) is -0.382. The van der Waals surface area contributed by atoms with E-state index in [1.165, 1.54) is 11.1 Å². The van der Waals surface area contributed by atoms with E-state index < -0.39 is 23.5 Å². The summed E-state index contributed by atoms with van der Waals surface area (Å²) in [6, 6.07) is 15.7. The molecule has 1 aliphatic carbocycles. The van der Waals surface area contributed by atoms with Crippen molar-refractivity contribution in [3.8, 4) is 11.1 Å². The molecule has 2 aliphatic rings. The van der Waals surface area contributed by atoms with Gasteiger partial charge in [0.15, 0.2) is 0 Å².